The van der Waals surface area contributed by atoms with Crippen molar-refractivity contribution >= 4 is 5.97 Å². The number of nitrogens with two attached hydrogens (primary N) is 1. The first-order valence-corrected chi connectivity index (χ1v) is 4.43. The molecule has 0 spiro atoms. The Labute approximate surface area is 86.5 Å². The third kappa shape index (κ3) is 4.42. The molecule has 1 rings (SSSR count). The van der Waals surface area contributed by atoms with Crippen LogP contribution in [0.1, 0.15) is 6.42 Å². The van der Waals surface area contributed by atoms with Gasteiger partial charge in [-0.05, 0) is 12.1 Å². The van der Waals surface area contributed by atoms with Crippen molar-refractivity contribution in [2.75, 3.05) is 6.61 Å². The molecule has 0 aromatic heterocycles. The van der Waals surface area contributed by atoms with Crippen LogP contribution in [0, 0.1) is 5.82 Å². The maximum absolute atomic E-state index is 12.7. The van der Waals surface area contributed by atoms with Gasteiger partial charge in [0.15, 0.2) is 0 Å². The van der Waals surface area contributed by atoms with Crippen molar-refractivity contribution in [2.24, 2.45) is 5.73 Å². The van der Waals surface area contributed by atoms with Crippen molar-refractivity contribution in [3.63, 3.8) is 0 Å². The second-order valence-electron chi connectivity index (χ2n) is 3.13. The van der Waals surface area contributed by atoms with Gasteiger partial charge in [0, 0.05) is 12.1 Å². The summed E-state index contributed by atoms with van der Waals surface area (Å²) >= 11 is 0. The van der Waals surface area contributed by atoms with Gasteiger partial charge in [0.05, 0.1) is 6.42 Å². The molecule has 0 fully saturated rings. The van der Waals surface area contributed by atoms with Gasteiger partial charge in [-0.25, -0.2) is 4.39 Å². The van der Waals surface area contributed by atoms with Crippen LogP contribution < -0.4 is 10.5 Å². The molecule has 1 atom stereocenters. The highest BCUT2D eigenvalue weighted by Gasteiger charge is 2.08. The minimum atomic E-state index is -0.981. The lowest BCUT2D eigenvalue weighted by Crippen LogP contribution is -2.30. The Balaban J connectivity index is 2.40. The predicted octanol–water partition coefficient (Wildman–Crippen LogP) is 1.01. The summed E-state index contributed by atoms with van der Waals surface area (Å²) in [5.41, 5.74) is 5.46. The van der Waals surface area contributed by atoms with Crippen molar-refractivity contribution in [1.82, 2.24) is 0 Å². The molecule has 0 bridgehead atoms. The Kier molecular flexibility index (Phi) is 4.05. The quantitative estimate of drug-likeness (QED) is 0.765. The monoisotopic (exact) mass is 213 g/mol. The molecule has 1 aromatic rings. The lowest BCUT2D eigenvalue weighted by molar-refractivity contribution is -0.137. The van der Waals surface area contributed by atoms with Crippen molar-refractivity contribution in [2.45, 2.75) is 12.5 Å². The van der Waals surface area contributed by atoms with Crippen molar-refractivity contribution < 1.29 is 19.0 Å². The zero-order chi connectivity index (χ0) is 11.3. The van der Waals surface area contributed by atoms with Crippen LogP contribution >= 0.6 is 0 Å². The number of carboxylic acid groups (broad SMARTS) is 1. The molecular weight excluding hydrogens is 201 g/mol. The van der Waals surface area contributed by atoms with Crippen LogP contribution in [0.15, 0.2) is 24.3 Å². The van der Waals surface area contributed by atoms with E-state index in [4.69, 9.17) is 15.6 Å². The third-order valence-electron chi connectivity index (χ3n) is 1.70. The molecule has 0 amide bonds. The Morgan fingerprint density at radius 2 is 2.33 bits per heavy atom. The molecule has 5 heteroatoms. The van der Waals surface area contributed by atoms with E-state index in [0.717, 1.165) is 0 Å². The second-order valence-corrected chi connectivity index (χ2v) is 3.13. The fraction of sp³-hybridized carbons (Fsp3) is 0.300. The van der Waals surface area contributed by atoms with E-state index in [1.165, 1.54) is 18.2 Å². The van der Waals surface area contributed by atoms with Crippen LogP contribution in [0.3, 0.4) is 0 Å². The molecule has 3 N–H and O–H groups in total. The topological polar surface area (TPSA) is 72.5 Å². The molecule has 1 aromatic carbocycles. The van der Waals surface area contributed by atoms with Gasteiger partial charge in [0.2, 0.25) is 0 Å². The van der Waals surface area contributed by atoms with Crippen LogP contribution in [-0.4, -0.2) is 23.7 Å². The van der Waals surface area contributed by atoms with Gasteiger partial charge in [-0.3, -0.25) is 4.79 Å². The zero-order valence-electron chi connectivity index (χ0n) is 8.02. The number of rotatable bonds is 5. The molecule has 0 heterocycles. The highest BCUT2D eigenvalue weighted by atomic mass is 19.1. The molecule has 1 unspecified atom stereocenters. The van der Waals surface area contributed by atoms with E-state index in [0.29, 0.717) is 5.75 Å². The minimum absolute atomic E-state index is 0.0513. The summed E-state index contributed by atoms with van der Waals surface area (Å²) in [6.45, 7) is 0.0513. The average molecular weight is 213 g/mol. The number of halogens is 1. The Morgan fingerprint density at radius 3 is 2.93 bits per heavy atom. The number of hydrogen-bond donors (Lipinski definition) is 2. The molecule has 4 nitrogen and oxygen atoms in total. The molecule has 15 heavy (non-hydrogen) atoms. The summed E-state index contributed by atoms with van der Waals surface area (Å²) < 4.78 is 17.8. The molecule has 0 aliphatic carbocycles. The van der Waals surface area contributed by atoms with Gasteiger partial charge < -0.3 is 15.6 Å². The van der Waals surface area contributed by atoms with Crippen molar-refractivity contribution in [1.29, 1.82) is 0 Å². The second kappa shape index (κ2) is 5.31. The van der Waals surface area contributed by atoms with Crippen LogP contribution in [0.25, 0.3) is 0 Å². The highest BCUT2D eigenvalue weighted by molar-refractivity contribution is 5.67. The third-order valence-corrected chi connectivity index (χ3v) is 1.70. The predicted molar refractivity (Wildman–Crippen MR) is 52.1 cm³/mol. The average Bonchev–Trinajstić information content (AvgIpc) is 2.14. The first kappa shape index (κ1) is 11.5. The lowest BCUT2D eigenvalue weighted by Gasteiger charge is -2.10. The number of ether oxygens (including phenoxy) is 1. The number of benzene rings is 1. The maximum Gasteiger partial charge on any atom is 0.305 e. The summed E-state index contributed by atoms with van der Waals surface area (Å²) in [4.78, 5) is 10.3. The normalized spacial score (nSPS) is 12.1. The van der Waals surface area contributed by atoms with E-state index in [1.54, 1.807) is 6.07 Å². The van der Waals surface area contributed by atoms with Crippen LogP contribution in [0.5, 0.6) is 5.75 Å². The Morgan fingerprint density at radius 1 is 1.60 bits per heavy atom. The zero-order valence-corrected chi connectivity index (χ0v) is 8.02. The van der Waals surface area contributed by atoms with E-state index in [-0.39, 0.29) is 13.0 Å². The van der Waals surface area contributed by atoms with Gasteiger partial charge in [0.1, 0.15) is 18.2 Å². The lowest BCUT2D eigenvalue weighted by atomic mass is 10.2. The summed E-state index contributed by atoms with van der Waals surface area (Å²) in [6, 6.07) is 5.01. The smallest absolute Gasteiger partial charge is 0.305 e. The standard InChI is InChI=1S/C10H12FNO3/c11-7-2-1-3-9(4-7)15-6-8(12)5-10(13)14/h1-4,8H,5-6,12H2,(H,13,14). The van der Waals surface area contributed by atoms with Gasteiger partial charge in [0.25, 0.3) is 0 Å². The fourth-order valence-electron chi connectivity index (χ4n) is 1.04. The largest absolute Gasteiger partial charge is 0.492 e. The summed E-state index contributed by atoms with van der Waals surface area (Å²) in [6.07, 6.45) is -0.171. The highest BCUT2D eigenvalue weighted by Crippen LogP contribution is 2.12. The number of carboxylic acids is 1. The van der Waals surface area contributed by atoms with Gasteiger partial charge in [-0.15, -0.1) is 0 Å². The van der Waals surface area contributed by atoms with Crippen LogP contribution in [0.4, 0.5) is 4.39 Å². The van der Waals surface area contributed by atoms with Crippen molar-refractivity contribution in [3.8, 4) is 5.75 Å². The molecule has 82 valence electrons. The SMILES string of the molecule is NC(COc1cccc(F)c1)CC(=O)O. The van der Waals surface area contributed by atoms with Gasteiger partial charge in [-0.2, -0.15) is 0 Å². The Bertz CT molecular complexity index is 343. The molecule has 0 saturated heterocycles. The van der Waals surface area contributed by atoms with Crippen LogP contribution in [-0.2, 0) is 4.79 Å². The van der Waals surface area contributed by atoms with Gasteiger partial charge >= 0.3 is 5.97 Å². The number of aliphatic carboxylic acids is 1. The van der Waals surface area contributed by atoms with E-state index < -0.39 is 17.8 Å². The van der Waals surface area contributed by atoms with E-state index >= 15 is 0 Å². The fourth-order valence-corrected chi connectivity index (χ4v) is 1.04. The van der Waals surface area contributed by atoms with Gasteiger partial charge in [-0.1, -0.05) is 6.07 Å². The van der Waals surface area contributed by atoms with E-state index in [1.807, 2.05) is 0 Å². The maximum atomic E-state index is 12.7. The molecule has 0 radical (unpaired) electrons. The van der Waals surface area contributed by atoms with E-state index in [9.17, 15) is 9.18 Å². The Hall–Kier alpha value is -1.62. The molecule has 0 aliphatic rings. The molecular formula is C10H12FNO3. The van der Waals surface area contributed by atoms with Crippen LogP contribution in [0.2, 0.25) is 0 Å². The minimum Gasteiger partial charge on any atom is -0.492 e. The first-order chi connectivity index (χ1) is 7.08. The summed E-state index contributed by atoms with van der Waals surface area (Å²) in [5, 5.41) is 8.43. The molecule has 0 saturated carbocycles. The number of carbonyl (C=O) groups is 1. The molecule has 0 aliphatic heterocycles. The van der Waals surface area contributed by atoms with E-state index in [2.05, 4.69) is 0 Å². The summed E-state index contributed by atoms with van der Waals surface area (Å²) in [7, 11) is 0. The summed E-state index contributed by atoms with van der Waals surface area (Å²) in [5.74, 6) is -1.04. The first-order valence-electron chi connectivity index (χ1n) is 4.43. The number of hydrogen-bond acceptors (Lipinski definition) is 3. The van der Waals surface area contributed by atoms with Crippen molar-refractivity contribution in [3.05, 3.63) is 30.1 Å².